The molecule has 1 fully saturated rings. The van der Waals surface area contributed by atoms with Crippen LogP contribution in [0.5, 0.6) is 0 Å². The van der Waals surface area contributed by atoms with E-state index in [2.05, 4.69) is 32.8 Å². The first-order valence-electron chi connectivity index (χ1n) is 13.0. The molecule has 1 atom stereocenters. The van der Waals surface area contributed by atoms with Crippen molar-refractivity contribution >= 4 is 28.8 Å². The molecule has 6 rings (SSSR count). The zero-order chi connectivity index (χ0) is 26.2. The molecule has 4 heterocycles. The predicted molar refractivity (Wildman–Crippen MR) is 144 cm³/mol. The van der Waals surface area contributed by atoms with E-state index >= 15 is 0 Å². The van der Waals surface area contributed by atoms with Crippen LogP contribution in [0, 0.1) is 5.82 Å². The first-order valence-corrected chi connectivity index (χ1v) is 13.0. The number of carbonyl (C=O) groups is 2. The summed E-state index contributed by atoms with van der Waals surface area (Å²) in [5.74, 6) is -1.03. The van der Waals surface area contributed by atoms with E-state index in [0.717, 1.165) is 42.8 Å². The third-order valence-electron chi connectivity index (χ3n) is 7.53. The van der Waals surface area contributed by atoms with Crippen molar-refractivity contribution in [3.05, 3.63) is 83.4 Å². The molecular weight excluding hydrogens is 483 g/mol. The van der Waals surface area contributed by atoms with Crippen molar-refractivity contribution < 1.29 is 14.0 Å². The highest BCUT2D eigenvalue weighted by atomic mass is 19.1. The van der Waals surface area contributed by atoms with Crippen molar-refractivity contribution in [1.29, 1.82) is 0 Å². The fourth-order valence-electron chi connectivity index (χ4n) is 5.52. The van der Waals surface area contributed by atoms with E-state index in [0.29, 0.717) is 41.7 Å². The van der Waals surface area contributed by atoms with Crippen LogP contribution in [0.15, 0.2) is 60.9 Å². The number of likely N-dealkylation sites (tertiary alicyclic amines) is 1. The summed E-state index contributed by atoms with van der Waals surface area (Å²) < 4.78 is 16.9. The third kappa shape index (κ3) is 4.39. The number of rotatable bonds is 7. The van der Waals surface area contributed by atoms with Gasteiger partial charge < -0.3 is 16.0 Å². The quantitative estimate of drug-likeness (QED) is 0.343. The average molecular weight is 513 g/mol. The van der Waals surface area contributed by atoms with Crippen molar-refractivity contribution in [3.8, 4) is 11.3 Å². The molecule has 2 aliphatic heterocycles. The Kier molecular flexibility index (Phi) is 6.29. The Labute approximate surface area is 219 Å². The number of anilines is 2. The largest absolute Gasteiger partial charge is 0.352 e. The monoisotopic (exact) mass is 512 g/mol. The summed E-state index contributed by atoms with van der Waals surface area (Å²) in [5, 5.41) is 8.98. The van der Waals surface area contributed by atoms with Gasteiger partial charge in [-0.15, -0.1) is 0 Å². The van der Waals surface area contributed by atoms with Crippen LogP contribution in [0.1, 0.15) is 46.0 Å². The molecular formula is C29H29FN6O2. The Morgan fingerprint density at radius 2 is 2.08 bits per heavy atom. The van der Waals surface area contributed by atoms with E-state index in [1.165, 1.54) is 12.1 Å². The van der Waals surface area contributed by atoms with Crippen LogP contribution < -0.4 is 16.0 Å². The topological polar surface area (TPSA) is 90.8 Å². The van der Waals surface area contributed by atoms with Gasteiger partial charge in [-0.1, -0.05) is 13.0 Å². The lowest BCUT2D eigenvalue weighted by Crippen LogP contribution is -2.40. The second-order valence-electron chi connectivity index (χ2n) is 9.76. The van der Waals surface area contributed by atoms with E-state index in [9.17, 15) is 14.0 Å². The van der Waals surface area contributed by atoms with Crippen molar-refractivity contribution in [3.63, 3.8) is 0 Å². The van der Waals surface area contributed by atoms with Crippen LogP contribution in [-0.4, -0.2) is 51.8 Å². The van der Waals surface area contributed by atoms with Crippen molar-refractivity contribution in [2.45, 2.75) is 32.4 Å². The van der Waals surface area contributed by atoms with E-state index in [1.54, 1.807) is 12.3 Å². The fraction of sp³-hybridized carbons (Fsp3) is 0.276. The second-order valence-corrected chi connectivity index (χ2v) is 9.76. The minimum Gasteiger partial charge on any atom is -0.352 e. The van der Waals surface area contributed by atoms with Gasteiger partial charge in [0.2, 0.25) is 0 Å². The van der Waals surface area contributed by atoms with Crippen LogP contribution >= 0.6 is 0 Å². The molecule has 2 aliphatic rings. The maximum Gasteiger partial charge on any atom is 0.254 e. The van der Waals surface area contributed by atoms with Gasteiger partial charge in [-0.25, -0.2) is 9.37 Å². The number of amides is 2. The number of aromatic nitrogens is 2. The number of nitrogens with one attached hydrogen (secondary N) is 3. The number of likely N-dealkylation sites (N-methyl/N-ethyl adjacent to an activating group) is 1. The molecule has 0 aliphatic carbocycles. The van der Waals surface area contributed by atoms with Crippen molar-refractivity contribution in [1.82, 2.24) is 24.9 Å². The Balaban J connectivity index is 1.20. The van der Waals surface area contributed by atoms with Gasteiger partial charge in [0.25, 0.3) is 11.8 Å². The molecule has 2 aromatic heterocycles. The van der Waals surface area contributed by atoms with E-state index in [1.807, 2.05) is 40.9 Å². The minimum atomic E-state index is -0.580. The van der Waals surface area contributed by atoms with Crippen LogP contribution in [0.2, 0.25) is 0 Å². The first-order chi connectivity index (χ1) is 18.5. The number of hydrogen-bond acceptors (Lipinski definition) is 5. The summed E-state index contributed by atoms with van der Waals surface area (Å²) in [4.78, 5) is 31.4. The Hall–Kier alpha value is -4.24. The highest BCUT2D eigenvalue weighted by molar-refractivity contribution is 5.99. The molecule has 2 aromatic carbocycles. The standard InChI is InChI=1S/C29H29FN6O2/c1-2-35-12-3-4-21(35)17-33-29(38)23-8-6-20(15-24(23)30)34-25-9-10-26(36-13-11-31-27(25)36)18-5-7-22-19(14-18)16-32-28(22)37/h5-11,13-15,21,34H,2-4,12,16-17H2,1H3,(H,32,37)(H,33,38)/t21-/m0/s1. The maximum absolute atomic E-state index is 15.0. The lowest BCUT2D eigenvalue weighted by Gasteiger charge is -2.22. The second kappa shape index (κ2) is 9.90. The minimum absolute atomic E-state index is 0.0301. The van der Waals surface area contributed by atoms with E-state index < -0.39 is 11.7 Å². The third-order valence-corrected chi connectivity index (χ3v) is 7.53. The zero-order valence-electron chi connectivity index (χ0n) is 21.1. The number of hydrogen-bond donors (Lipinski definition) is 3. The average Bonchev–Trinajstić information content (AvgIpc) is 3.67. The van der Waals surface area contributed by atoms with Crippen LogP contribution in [0.4, 0.5) is 15.8 Å². The molecule has 9 heteroatoms. The molecule has 0 bridgehead atoms. The maximum atomic E-state index is 15.0. The van der Waals surface area contributed by atoms with Crippen molar-refractivity contribution in [2.24, 2.45) is 0 Å². The van der Waals surface area contributed by atoms with Crippen LogP contribution in [-0.2, 0) is 6.54 Å². The van der Waals surface area contributed by atoms with Crippen LogP contribution in [0.3, 0.4) is 0 Å². The summed E-state index contributed by atoms with van der Waals surface area (Å²) >= 11 is 0. The number of imidazole rings is 1. The fourth-order valence-corrected chi connectivity index (χ4v) is 5.52. The zero-order valence-corrected chi connectivity index (χ0v) is 21.1. The number of halogens is 1. The SMILES string of the molecule is CCN1CCC[C@H]1CNC(=O)c1ccc(Nc2ccc(-c3ccc4c(c3)CNC4=O)n3ccnc23)cc1F. The van der Waals surface area contributed by atoms with Crippen LogP contribution in [0.25, 0.3) is 16.9 Å². The van der Waals surface area contributed by atoms with E-state index in [4.69, 9.17) is 0 Å². The molecule has 0 radical (unpaired) electrons. The summed E-state index contributed by atoms with van der Waals surface area (Å²) in [5.41, 5.74) is 5.49. The Morgan fingerprint density at radius 1 is 1.18 bits per heavy atom. The number of carbonyl (C=O) groups excluding carboxylic acids is 2. The lowest BCUT2D eigenvalue weighted by atomic mass is 10.0. The number of pyridine rings is 1. The van der Waals surface area contributed by atoms with Gasteiger partial charge in [0.15, 0.2) is 5.65 Å². The Bertz CT molecular complexity index is 1550. The van der Waals surface area contributed by atoms with Gasteiger partial charge in [0.05, 0.1) is 16.9 Å². The molecule has 0 unspecified atom stereocenters. The lowest BCUT2D eigenvalue weighted by molar-refractivity contribution is 0.0935. The normalized spacial score (nSPS) is 17.0. The summed E-state index contributed by atoms with van der Waals surface area (Å²) in [6.07, 6.45) is 5.74. The molecule has 4 aromatic rings. The van der Waals surface area contributed by atoms with Gasteiger partial charge in [-0.3, -0.25) is 18.9 Å². The van der Waals surface area contributed by atoms with Gasteiger partial charge in [0.1, 0.15) is 5.82 Å². The van der Waals surface area contributed by atoms with Gasteiger partial charge in [-0.05, 0) is 79.5 Å². The number of fused-ring (bicyclic) bond motifs is 2. The molecule has 2 amide bonds. The molecule has 0 saturated carbocycles. The summed E-state index contributed by atoms with van der Waals surface area (Å²) in [6.45, 7) is 5.15. The van der Waals surface area contributed by atoms with E-state index in [-0.39, 0.29) is 11.5 Å². The first kappa shape index (κ1) is 24.1. The molecule has 0 spiro atoms. The molecule has 3 N–H and O–H groups in total. The van der Waals surface area contributed by atoms with Gasteiger partial charge in [-0.2, -0.15) is 0 Å². The predicted octanol–water partition coefficient (Wildman–Crippen LogP) is 4.34. The van der Waals surface area contributed by atoms with Gasteiger partial charge >= 0.3 is 0 Å². The summed E-state index contributed by atoms with van der Waals surface area (Å²) in [7, 11) is 0. The highest BCUT2D eigenvalue weighted by Crippen LogP contribution is 2.30. The number of nitrogens with zero attached hydrogens (tertiary/aromatic N) is 3. The molecule has 194 valence electrons. The highest BCUT2D eigenvalue weighted by Gasteiger charge is 2.24. The molecule has 8 nitrogen and oxygen atoms in total. The smallest absolute Gasteiger partial charge is 0.254 e. The summed E-state index contributed by atoms with van der Waals surface area (Å²) in [6, 6.07) is 14.5. The molecule has 38 heavy (non-hydrogen) atoms. The molecule has 1 saturated heterocycles. The van der Waals surface area contributed by atoms with Gasteiger partial charge in [0, 0.05) is 42.8 Å². The Morgan fingerprint density at radius 3 is 2.92 bits per heavy atom. The van der Waals surface area contributed by atoms with Crippen molar-refractivity contribution in [2.75, 3.05) is 25.0 Å². The number of benzene rings is 2.